The molecule has 7 rings (SSSR count). The topological polar surface area (TPSA) is 209 Å². The maximum atomic E-state index is 14.8. The van der Waals surface area contributed by atoms with E-state index in [2.05, 4.69) is 21.8 Å². The number of nitrogens with zero attached hydrogens (tertiary/aromatic N) is 3. The highest BCUT2D eigenvalue weighted by molar-refractivity contribution is 6.21. The highest BCUT2D eigenvalue weighted by atomic mass is 16.7. The quantitative estimate of drug-likeness (QED) is 0.165. The van der Waals surface area contributed by atoms with Gasteiger partial charge < -0.3 is 44.7 Å². The van der Waals surface area contributed by atoms with Crippen molar-refractivity contribution >= 4 is 34.1 Å². The Morgan fingerprint density at radius 3 is 2.34 bits per heavy atom. The number of Topliss-reactive ketones (excluding diaryl/α,β-unsaturated/α-hetero) is 1. The summed E-state index contributed by atoms with van der Waals surface area (Å²) in [5.74, 6) is -7.10. The lowest BCUT2D eigenvalue weighted by Gasteiger charge is -2.43. The monoisotopic (exact) mass is 844 g/mol. The van der Waals surface area contributed by atoms with Gasteiger partial charge in [0.05, 0.1) is 53.3 Å². The van der Waals surface area contributed by atoms with E-state index in [1.54, 1.807) is 59.8 Å². The van der Waals surface area contributed by atoms with Crippen LogP contribution in [0.4, 0.5) is 5.69 Å². The largest absolute Gasteiger partial charge is 0.507 e. The zero-order valence-corrected chi connectivity index (χ0v) is 36.5. The number of piperidine rings is 1. The van der Waals surface area contributed by atoms with Gasteiger partial charge in [0.1, 0.15) is 28.3 Å². The first-order chi connectivity index (χ1) is 28.8. The second kappa shape index (κ2) is 17.7. The number of hydrogen-bond donors (Lipinski definition) is 5. The fourth-order valence-corrected chi connectivity index (χ4v) is 9.11. The molecule has 330 valence electrons. The third-order valence-electron chi connectivity index (χ3n) is 13.1. The summed E-state index contributed by atoms with van der Waals surface area (Å²) in [6, 6.07) is 0. The summed E-state index contributed by atoms with van der Waals surface area (Å²) in [7, 11) is 1.47. The fourth-order valence-electron chi connectivity index (χ4n) is 9.11. The van der Waals surface area contributed by atoms with Gasteiger partial charge in [0.25, 0.3) is 11.7 Å². The lowest BCUT2D eigenvalue weighted by Crippen LogP contribution is -2.55. The standard InChI is InChI=1S/C46H60N4O11/c1-11-18-50-19-16-46(17-20-50)22-47-35-34(49-46)31-32-39(54)28(7)42-33(31)43(56)45(9,61-42)59-21-15-30(58-10)25(4)41(60-29(8)51)27(6)38(53)26(5)37(52)23(2)13-12-14-24(3)44(57)48-36(35)40(32)55/h11-15,21,23,25-27,30,37-38,41,49,52-55H,1,16-20,22H2,2-10H3/b13-12+,21-15+,24-14-,48-36?/t23-,25+,26+,27+,30-,37-,38+,41+,45-/m0/s1. The second-order valence-electron chi connectivity index (χ2n) is 17.3. The Labute approximate surface area is 356 Å². The summed E-state index contributed by atoms with van der Waals surface area (Å²) < 4.78 is 24.0. The number of carbonyl (C=O) groups is 3. The van der Waals surface area contributed by atoms with E-state index < -0.39 is 82.8 Å². The third-order valence-corrected chi connectivity index (χ3v) is 13.1. The Hall–Kier alpha value is -5.09. The number of nitrogens with one attached hydrogen (secondary N) is 1. The van der Waals surface area contributed by atoms with E-state index in [1.807, 2.05) is 6.08 Å². The van der Waals surface area contributed by atoms with Crippen LogP contribution in [0.1, 0.15) is 77.2 Å². The Morgan fingerprint density at radius 1 is 1.02 bits per heavy atom. The summed E-state index contributed by atoms with van der Waals surface area (Å²) >= 11 is 0. The van der Waals surface area contributed by atoms with Crippen LogP contribution < -0.4 is 20.8 Å². The summed E-state index contributed by atoms with van der Waals surface area (Å²) in [6.45, 7) is 19.2. The number of aromatic hydroxyl groups is 2. The lowest BCUT2D eigenvalue weighted by atomic mass is 9.78. The van der Waals surface area contributed by atoms with Gasteiger partial charge in [0, 0.05) is 80.8 Å². The maximum Gasteiger partial charge on any atom is 0.312 e. The van der Waals surface area contributed by atoms with Crippen molar-refractivity contribution in [3.05, 3.63) is 70.6 Å². The van der Waals surface area contributed by atoms with E-state index in [4.69, 9.17) is 23.9 Å². The SMILES string of the molecule is C=CCN1CCC2(CC1)CN=c1c(c3c4c5c(C)c(O)c3c(O)c1=NC(=O)/C(C)=C\C=C\[C@H](C)[C@H](O)[C@@H](C)[C@@H](O)[C@@H](C)[C@H](OC(C)=O)[C@H](C)[C@@H](OC)/C=C/O[C@@](C)(O5)C4=O)N2. The number of aliphatic hydroxyl groups excluding tert-OH is 2. The minimum absolute atomic E-state index is 0.0463. The molecule has 2 aromatic rings. The number of benzene rings is 2. The first-order valence-corrected chi connectivity index (χ1v) is 20.9. The van der Waals surface area contributed by atoms with E-state index in [0.29, 0.717) is 25.1 Å². The number of carbonyl (C=O) groups excluding carboxylic acids is 3. The molecule has 9 atom stereocenters. The van der Waals surface area contributed by atoms with Crippen molar-refractivity contribution in [3.63, 3.8) is 0 Å². The van der Waals surface area contributed by atoms with Crippen molar-refractivity contribution < 1.29 is 53.8 Å². The van der Waals surface area contributed by atoms with Gasteiger partial charge in [-0.05, 0) is 32.8 Å². The van der Waals surface area contributed by atoms with Crippen LogP contribution in [0.25, 0.3) is 10.8 Å². The van der Waals surface area contributed by atoms with E-state index >= 15 is 0 Å². The number of allylic oxidation sites excluding steroid dienone is 2. The molecule has 0 aromatic heterocycles. The number of ether oxygens (including phenoxy) is 4. The molecular formula is C46H60N4O11. The molecule has 0 unspecified atom stereocenters. The minimum Gasteiger partial charge on any atom is -0.507 e. The predicted molar refractivity (Wildman–Crippen MR) is 228 cm³/mol. The zero-order valence-electron chi connectivity index (χ0n) is 36.5. The molecule has 1 fully saturated rings. The average molecular weight is 845 g/mol. The first kappa shape index (κ1) is 45.4. The number of fused-ring (bicyclic) bond motifs is 13. The second-order valence-corrected chi connectivity index (χ2v) is 17.3. The van der Waals surface area contributed by atoms with E-state index in [9.17, 15) is 34.8 Å². The van der Waals surface area contributed by atoms with E-state index in [-0.39, 0.29) is 49.7 Å². The Kier molecular flexibility index (Phi) is 13.2. The molecule has 5 heterocycles. The number of ketones is 1. The number of hydrogen-bond acceptors (Lipinski definition) is 14. The summed E-state index contributed by atoms with van der Waals surface area (Å²) in [5.41, 5.74) is 0.156. The number of likely N-dealkylation sites (tertiary alicyclic amines) is 1. The number of methoxy groups -OCH3 is 1. The first-order valence-electron chi connectivity index (χ1n) is 20.9. The van der Waals surface area contributed by atoms with Crippen LogP contribution in [0.15, 0.2) is 58.8 Å². The highest BCUT2D eigenvalue weighted by Gasteiger charge is 2.50. The Bertz CT molecular complexity index is 2310. The third kappa shape index (κ3) is 8.45. The summed E-state index contributed by atoms with van der Waals surface area (Å²) in [4.78, 5) is 52.6. The van der Waals surface area contributed by atoms with Crippen LogP contribution >= 0.6 is 0 Å². The van der Waals surface area contributed by atoms with Crippen molar-refractivity contribution in [1.82, 2.24) is 4.90 Å². The minimum atomic E-state index is -1.96. The smallest absolute Gasteiger partial charge is 0.312 e. The van der Waals surface area contributed by atoms with Crippen molar-refractivity contribution in [2.75, 3.05) is 38.6 Å². The van der Waals surface area contributed by atoms with Gasteiger partial charge in [-0.15, -0.1) is 6.58 Å². The van der Waals surface area contributed by atoms with Crippen LogP contribution in [0.3, 0.4) is 0 Å². The van der Waals surface area contributed by atoms with Gasteiger partial charge in [-0.25, -0.2) is 4.99 Å². The summed E-state index contributed by atoms with van der Waals surface area (Å²) in [6.07, 6.45) is 7.09. The van der Waals surface area contributed by atoms with Crippen molar-refractivity contribution in [1.29, 1.82) is 0 Å². The molecule has 5 bridgehead atoms. The molecule has 61 heavy (non-hydrogen) atoms. The van der Waals surface area contributed by atoms with Crippen molar-refractivity contribution in [2.24, 2.45) is 33.7 Å². The molecule has 5 aliphatic heterocycles. The summed E-state index contributed by atoms with van der Waals surface area (Å²) in [5, 5.41) is 50.6. The van der Waals surface area contributed by atoms with Crippen molar-refractivity contribution in [2.45, 2.75) is 104 Å². The fraction of sp³-hybridized carbons (Fsp3) is 0.543. The van der Waals surface area contributed by atoms with Crippen LogP contribution in [0.5, 0.6) is 17.2 Å². The van der Waals surface area contributed by atoms with Gasteiger partial charge in [-0.2, -0.15) is 0 Å². The highest BCUT2D eigenvalue weighted by Crippen LogP contribution is 2.51. The molecule has 1 spiro atoms. The molecular weight excluding hydrogens is 785 g/mol. The van der Waals surface area contributed by atoms with Crippen molar-refractivity contribution in [3.8, 4) is 17.2 Å². The number of amides is 1. The normalized spacial score (nSPS) is 32.7. The Balaban J connectivity index is 1.56. The number of phenolic OH excluding ortho intramolecular Hbond substituents is 2. The molecule has 0 aliphatic carbocycles. The van der Waals surface area contributed by atoms with E-state index in [1.165, 1.54) is 33.3 Å². The molecule has 1 saturated heterocycles. The average Bonchev–Trinajstić information content (AvgIpc) is 3.49. The molecule has 5 N–H and O–H groups in total. The molecule has 2 aromatic carbocycles. The molecule has 15 heteroatoms. The molecule has 1 amide bonds. The zero-order chi connectivity index (χ0) is 44.7. The van der Waals surface area contributed by atoms with Crippen LogP contribution in [0, 0.1) is 30.6 Å². The van der Waals surface area contributed by atoms with Gasteiger partial charge in [0.15, 0.2) is 5.75 Å². The van der Waals surface area contributed by atoms with Crippen LogP contribution in [-0.2, 0) is 23.8 Å². The van der Waals surface area contributed by atoms with Crippen LogP contribution in [-0.4, -0.2) is 112 Å². The van der Waals surface area contributed by atoms with Gasteiger partial charge in [-0.3, -0.25) is 24.3 Å². The predicted octanol–water partition coefficient (Wildman–Crippen LogP) is 4.32. The number of anilines is 1. The number of rotatable bonds is 4. The number of esters is 1. The lowest BCUT2D eigenvalue weighted by molar-refractivity contribution is -0.160. The number of phenols is 2. The van der Waals surface area contributed by atoms with Gasteiger partial charge in [0.2, 0.25) is 0 Å². The maximum absolute atomic E-state index is 14.8. The molecule has 5 aliphatic rings. The molecule has 0 radical (unpaired) electrons. The Morgan fingerprint density at radius 2 is 1.70 bits per heavy atom. The number of aliphatic hydroxyl groups is 2. The van der Waals surface area contributed by atoms with Gasteiger partial charge >= 0.3 is 11.8 Å². The molecule has 15 nitrogen and oxygen atoms in total. The van der Waals surface area contributed by atoms with Gasteiger partial charge in [-0.1, -0.05) is 52.0 Å². The van der Waals surface area contributed by atoms with E-state index in [0.717, 1.165) is 19.6 Å². The molecule has 0 saturated carbocycles. The van der Waals surface area contributed by atoms with Crippen LogP contribution in [0.2, 0.25) is 0 Å².